The normalized spacial score (nSPS) is 11.4. The summed E-state index contributed by atoms with van der Waals surface area (Å²) in [5.41, 5.74) is -0.692. The molecule has 20 heavy (non-hydrogen) atoms. The van der Waals surface area contributed by atoms with Gasteiger partial charge in [-0.05, 0) is 24.3 Å². The largest absolute Gasteiger partial charge is 0.488 e. The molecular formula is C14H9BrF4O. The van der Waals surface area contributed by atoms with Crippen molar-refractivity contribution < 1.29 is 22.3 Å². The van der Waals surface area contributed by atoms with Crippen molar-refractivity contribution in [2.45, 2.75) is 12.8 Å². The Balaban J connectivity index is 2.19. The third kappa shape index (κ3) is 3.50. The fourth-order valence-electron chi connectivity index (χ4n) is 1.62. The van der Waals surface area contributed by atoms with E-state index in [1.807, 2.05) is 0 Å². The number of hydrogen-bond donors (Lipinski definition) is 0. The number of halogens is 5. The molecule has 0 aliphatic rings. The molecule has 0 unspecified atom stereocenters. The van der Waals surface area contributed by atoms with E-state index in [0.29, 0.717) is 4.47 Å². The first-order valence-corrected chi connectivity index (χ1v) is 6.40. The quantitative estimate of drug-likeness (QED) is 0.694. The average Bonchev–Trinajstić information content (AvgIpc) is 2.37. The predicted molar refractivity (Wildman–Crippen MR) is 69.9 cm³/mol. The van der Waals surface area contributed by atoms with E-state index in [0.717, 1.165) is 6.07 Å². The second-order valence-corrected chi connectivity index (χ2v) is 4.93. The molecule has 0 saturated heterocycles. The van der Waals surface area contributed by atoms with E-state index in [1.54, 1.807) is 6.07 Å². The van der Waals surface area contributed by atoms with Crippen LogP contribution in [0.4, 0.5) is 17.6 Å². The Hall–Kier alpha value is -1.56. The summed E-state index contributed by atoms with van der Waals surface area (Å²) in [5, 5.41) is 0. The van der Waals surface area contributed by atoms with Crippen LogP contribution < -0.4 is 4.74 Å². The zero-order chi connectivity index (χ0) is 14.8. The Bertz CT molecular complexity index is 610. The van der Waals surface area contributed by atoms with Crippen molar-refractivity contribution in [3.05, 3.63) is 63.9 Å². The van der Waals surface area contributed by atoms with Crippen molar-refractivity contribution in [3.8, 4) is 5.75 Å². The molecule has 0 aliphatic carbocycles. The summed E-state index contributed by atoms with van der Waals surface area (Å²) in [7, 11) is 0. The third-order valence-corrected chi connectivity index (χ3v) is 3.08. The minimum absolute atomic E-state index is 0.185. The lowest BCUT2D eigenvalue weighted by Crippen LogP contribution is -2.09. The second kappa shape index (κ2) is 5.83. The van der Waals surface area contributed by atoms with Crippen molar-refractivity contribution in [1.82, 2.24) is 0 Å². The summed E-state index contributed by atoms with van der Waals surface area (Å²) < 4.78 is 57.4. The summed E-state index contributed by atoms with van der Waals surface area (Å²) in [6, 6.07) is 9.12. The van der Waals surface area contributed by atoms with Crippen LogP contribution in [0.2, 0.25) is 0 Å². The highest BCUT2D eigenvalue weighted by Crippen LogP contribution is 2.36. The Morgan fingerprint density at radius 2 is 1.75 bits per heavy atom. The fraction of sp³-hybridized carbons (Fsp3) is 0.143. The molecule has 106 valence electrons. The molecule has 0 atom stereocenters. The van der Waals surface area contributed by atoms with E-state index in [2.05, 4.69) is 15.9 Å². The van der Waals surface area contributed by atoms with Crippen LogP contribution in [-0.2, 0) is 12.8 Å². The number of para-hydroxylation sites is 1. The van der Waals surface area contributed by atoms with Gasteiger partial charge in [0.25, 0.3) is 0 Å². The highest BCUT2D eigenvalue weighted by atomic mass is 79.9. The van der Waals surface area contributed by atoms with E-state index in [1.165, 1.54) is 30.3 Å². The number of rotatable bonds is 3. The molecule has 0 amide bonds. The van der Waals surface area contributed by atoms with Crippen molar-refractivity contribution in [2.75, 3.05) is 0 Å². The molecular weight excluding hydrogens is 340 g/mol. The fourth-order valence-corrected chi connectivity index (χ4v) is 1.95. The van der Waals surface area contributed by atoms with Crippen LogP contribution in [0.15, 0.2) is 46.9 Å². The molecule has 0 N–H and O–H groups in total. The number of benzene rings is 2. The molecule has 0 saturated carbocycles. The number of alkyl halides is 3. The van der Waals surface area contributed by atoms with Gasteiger partial charge in [0.2, 0.25) is 0 Å². The molecule has 0 aliphatic heterocycles. The maximum atomic E-state index is 13.6. The molecule has 0 spiro atoms. The Labute approximate surface area is 121 Å². The zero-order valence-electron chi connectivity index (χ0n) is 10.0. The van der Waals surface area contributed by atoms with Gasteiger partial charge in [-0.3, -0.25) is 0 Å². The van der Waals surface area contributed by atoms with Gasteiger partial charge >= 0.3 is 6.18 Å². The molecule has 1 nitrogen and oxygen atoms in total. The van der Waals surface area contributed by atoms with Crippen LogP contribution >= 0.6 is 15.9 Å². The maximum Gasteiger partial charge on any atom is 0.419 e. The van der Waals surface area contributed by atoms with Crippen LogP contribution in [0, 0.1) is 5.82 Å². The van der Waals surface area contributed by atoms with E-state index >= 15 is 0 Å². The summed E-state index contributed by atoms with van der Waals surface area (Å²) in [5.74, 6) is -0.855. The molecule has 0 radical (unpaired) electrons. The zero-order valence-corrected chi connectivity index (χ0v) is 11.6. The summed E-state index contributed by atoms with van der Waals surface area (Å²) in [6.07, 6.45) is -4.51. The monoisotopic (exact) mass is 348 g/mol. The van der Waals surface area contributed by atoms with Gasteiger partial charge in [-0.25, -0.2) is 4.39 Å². The smallest absolute Gasteiger partial charge is 0.419 e. The van der Waals surface area contributed by atoms with Gasteiger partial charge in [0, 0.05) is 10.0 Å². The molecule has 0 fully saturated rings. The second-order valence-electron chi connectivity index (χ2n) is 4.02. The lowest BCUT2D eigenvalue weighted by Gasteiger charge is -2.14. The number of ether oxygens (including phenoxy) is 1. The van der Waals surface area contributed by atoms with Crippen LogP contribution in [0.3, 0.4) is 0 Å². The SMILES string of the molecule is Fc1cc(Br)ccc1COc1ccccc1C(F)(F)F. The molecule has 0 heterocycles. The Kier molecular flexibility index (Phi) is 4.32. The molecule has 6 heteroatoms. The maximum absolute atomic E-state index is 13.6. The number of hydrogen-bond acceptors (Lipinski definition) is 1. The van der Waals surface area contributed by atoms with Crippen LogP contribution in [0.5, 0.6) is 5.75 Å². The van der Waals surface area contributed by atoms with Gasteiger partial charge in [-0.2, -0.15) is 13.2 Å². The van der Waals surface area contributed by atoms with Gasteiger partial charge in [-0.15, -0.1) is 0 Å². The lowest BCUT2D eigenvalue weighted by atomic mass is 10.2. The van der Waals surface area contributed by atoms with Crippen molar-refractivity contribution in [2.24, 2.45) is 0 Å². The topological polar surface area (TPSA) is 9.23 Å². The Morgan fingerprint density at radius 1 is 1.05 bits per heavy atom. The van der Waals surface area contributed by atoms with Crippen molar-refractivity contribution in [3.63, 3.8) is 0 Å². The van der Waals surface area contributed by atoms with Gasteiger partial charge < -0.3 is 4.74 Å². The van der Waals surface area contributed by atoms with Crippen LogP contribution in [0.1, 0.15) is 11.1 Å². The lowest BCUT2D eigenvalue weighted by molar-refractivity contribution is -0.139. The molecule has 0 bridgehead atoms. The van der Waals surface area contributed by atoms with E-state index < -0.39 is 17.6 Å². The molecule has 2 aromatic carbocycles. The van der Waals surface area contributed by atoms with Crippen LogP contribution in [0.25, 0.3) is 0 Å². The summed E-state index contributed by atoms with van der Waals surface area (Å²) >= 11 is 3.10. The average molecular weight is 349 g/mol. The predicted octanol–water partition coefficient (Wildman–Crippen LogP) is 5.19. The van der Waals surface area contributed by atoms with Crippen molar-refractivity contribution >= 4 is 15.9 Å². The first-order valence-electron chi connectivity index (χ1n) is 5.61. The van der Waals surface area contributed by atoms with E-state index in [4.69, 9.17) is 4.74 Å². The van der Waals surface area contributed by atoms with Crippen molar-refractivity contribution in [1.29, 1.82) is 0 Å². The minimum Gasteiger partial charge on any atom is -0.488 e. The van der Waals surface area contributed by atoms with E-state index in [9.17, 15) is 17.6 Å². The van der Waals surface area contributed by atoms with Gasteiger partial charge in [-0.1, -0.05) is 34.1 Å². The molecule has 2 aromatic rings. The summed E-state index contributed by atoms with van der Waals surface area (Å²) in [6.45, 7) is -0.272. The van der Waals surface area contributed by atoms with Gasteiger partial charge in [0.1, 0.15) is 18.2 Å². The Morgan fingerprint density at radius 3 is 2.40 bits per heavy atom. The standard InChI is InChI=1S/C14H9BrF4O/c15-10-6-5-9(12(16)7-10)8-20-13-4-2-1-3-11(13)14(17,18)19/h1-7H,8H2. The first-order chi connectivity index (χ1) is 9.38. The molecule has 2 rings (SSSR count). The van der Waals surface area contributed by atoms with Gasteiger partial charge in [0.05, 0.1) is 5.56 Å². The molecule has 0 aromatic heterocycles. The first kappa shape index (κ1) is 14.8. The van der Waals surface area contributed by atoms with Gasteiger partial charge in [0.15, 0.2) is 0 Å². The van der Waals surface area contributed by atoms with Crippen LogP contribution in [-0.4, -0.2) is 0 Å². The summed E-state index contributed by atoms with van der Waals surface area (Å²) in [4.78, 5) is 0. The highest BCUT2D eigenvalue weighted by molar-refractivity contribution is 9.10. The highest BCUT2D eigenvalue weighted by Gasteiger charge is 2.34. The minimum atomic E-state index is -4.51. The third-order valence-electron chi connectivity index (χ3n) is 2.59. The van der Waals surface area contributed by atoms with E-state index in [-0.39, 0.29) is 17.9 Å².